The minimum atomic E-state index is -0.473. The Bertz CT molecular complexity index is 902. The van der Waals surface area contributed by atoms with Gasteiger partial charge in [0.1, 0.15) is 11.1 Å². The van der Waals surface area contributed by atoms with Gasteiger partial charge in [0.2, 0.25) is 11.8 Å². The molecule has 2 aromatic heterocycles. The summed E-state index contributed by atoms with van der Waals surface area (Å²) in [5, 5.41) is 3.00. The second-order valence-corrected chi connectivity index (χ2v) is 6.16. The summed E-state index contributed by atoms with van der Waals surface area (Å²) in [7, 11) is 1.30. The number of anilines is 1. The van der Waals surface area contributed by atoms with E-state index in [1.807, 2.05) is 30.3 Å². The van der Waals surface area contributed by atoms with Crippen LogP contribution in [0.3, 0.4) is 0 Å². The summed E-state index contributed by atoms with van der Waals surface area (Å²) in [4.78, 5) is 32.6. The topological polar surface area (TPSA) is 94.3 Å². The third-order valence-corrected chi connectivity index (χ3v) is 4.38. The predicted molar refractivity (Wildman–Crippen MR) is 92.5 cm³/mol. The molecule has 0 saturated carbocycles. The van der Waals surface area contributed by atoms with Gasteiger partial charge in [0, 0.05) is 5.56 Å². The van der Waals surface area contributed by atoms with Crippen molar-refractivity contribution in [3.05, 3.63) is 52.9 Å². The number of amides is 1. The summed E-state index contributed by atoms with van der Waals surface area (Å²) in [6.07, 6.45) is 1.50. The van der Waals surface area contributed by atoms with Gasteiger partial charge in [0.25, 0.3) is 0 Å². The number of esters is 1. The summed E-state index contributed by atoms with van der Waals surface area (Å²) >= 11 is 1.07. The number of benzene rings is 1. The molecule has 7 nitrogen and oxygen atoms in total. The molecule has 3 aromatic rings. The molecule has 0 atom stereocenters. The zero-order valence-electron chi connectivity index (χ0n) is 13.6. The fourth-order valence-electron chi connectivity index (χ4n) is 2.16. The number of hydrogen-bond donors (Lipinski definition) is 1. The fourth-order valence-corrected chi connectivity index (χ4v) is 3.06. The Labute approximate surface area is 147 Å². The first-order chi connectivity index (χ1) is 12.1. The zero-order valence-corrected chi connectivity index (χ0v) is 14.4. The molecular weight excluding hydrogens is 342 g/mol. The number of aromatic nitrogens is 2. The van der Waals surface area contributed by atoms with Gasteiger partial charge in [-0.2, -0.15) is 0 Å². The van der Waals surface area contributed by atoms with Crippen molar-refractivity contribution in [3.63, 3.8) is 0 Å². The number of rotatable bonds is 5. The van der Waals surface area contributed by atoms with Gasteiger partial charge in [-0.3, -0.25) is 4.79 Å². The molecule has 0 aliphatic rings. The fraction of sp³-hybridized carbons (Fsp3) is 0.176. The highest BCUT2D eigenvalue weighted by atomic mass is 32.1. The molecule has 1 aromatic carbocycles. The Kier molecular flexibility index (Phi) is 4.90. The number of aryl methyl sites for hydroxylation is 1. The van der Waals surface area contributed by atoms with Gasteiger partial charge in [0.05, 0.1) is 24.9 Å². The van der Waals surface area contributed by atoms with Gasteiger partial charge in [0.15, 0.2) is 5.13 Å². The first-order valence-corrected chi connectivity index (χ1v) is 8.24. The maximum atomic E-state index is 12.1. The lowest BCUT2D eigenvalue weighted by Gasteiger charge is -1.98. The standard InChI is InChI=1S/C17H15N3O4S/c1-10-14(16(22)23-2)25-17(18-10)20-13(21)8-12-9-24-15(19-12)11-6-4-3-5-7-11/h3-7,9H,8H2,1-2H3,(H,18,20,21). The molecular formula is C17H15N3O4S. The van der Waals surface area contributed by atoms with E-state index in [0.717, 1.165) is 16.9 Å². The molecule has 25 heavy (non-hydrogen) atoms. The minimum Gasteiger partial charge on any atom is -0.465 e. The second kappa shape index (κ2) is 7.27. The highest BCUT2D eigenvalue weighted by molar-refractivity contribution is 7.17. The van der Waals surface area contributed by atoms with Crippen molar-refractivity contribution in [3.8, 4) is 11.5 Å². The third kappa shape index (κ3) is 3.92. The minimum absolute atomic E-state index is 0.0442. The maximum absolute atomic E-state index is 12.1. The normalized spacial score (nSPS) is 10.5. The molecule has 8 heteroatoms. The van der Waals surface area contributed by atoms with Gasteiger partial charge in [-0.15, -0.1) is 0 Å². The van der Waals surface area contributed by atoms with Gasteiger partial charge in [-0.25, -0.2) is 14.8 Å². The van der Waals surface area contributed by atoms with Crippen LogP contribution in [0.1, 0.15) is 21.1 Å². The number of oxazole rings is 1. The van der Waals surface area contributed by atoms with Crippen LogP contribution in [-0.4, -0.2) is 29.0 Å². The molecule has 0 radical (unpaired) electrons. The molecule has 0 unspecified atom stereocenters. The molecule has 1 N–H and O–H groups in total. The van der Waals surface area contributed by atoms with Crippen LogP contribution in [0, 0.1) is 6.92 Å². The zero-order chi connectivity index (χ0) is 17.8. The average Bonchev–Trinajstić information content (AvgIpc) is 3.21. The lowest BCUT2D eigenvalue weighted by molar-refractivity contribution is -0.115. The number of carbonyl (C=O) groups excluding carboxylic acids is 2. The third-order valence-electron chi connectivity index (χ3n) is 3.33. The molecule has 0 fully saturated rings. The van der Waals surface area contributed by atoms with Crippen LogP contribution in [0.25, 0.3) is 11.5 Å². The van der Waals surface area contributed by atoms with E-state index < -0.39 is 5.97 Å². The van der Waals surface area contributed by atoms with Crippen LogP contribution in [-0.2, 0) is 16.0 Å². The van der Waals surface area contributed by atoms with Crippen molar-refractivity contribution in [1.29, 1.82) is 0 Å². The Balaban J connectivity index is 1.65. The SMILES string of the molecule is COC(=O)c1sc(NC(=O)Cc2coc(-c3ccccc3)n2)nc1C. The Morgan fingerprint density at radius 3 is 2.72 bits per heavy atom. The molecule has 0 aliphatic heterocycles. The molecule has 0 bridgehead atoms. The number of nitrogens with zero attached hydrogens (tertiary/aromatic N) is 2. The van der Waals surface area contributed by atoms with Crippen LogP contribution in [0.4, 0.5) is 5.13 Å². The van der Waals surface area contributed by atoms with Gasteiger partial charge in [-0.1, -0.05) is 29.5 Å². The summed E-state index contributed by atoms with van der Waals surface area (Å²) in [6, 6.07) is 9.43. The van der Waals surface area contributed by atoms with E-state index in [0.29, 0.717) is 27.3 Å². The number of methoxy groups -OCH3 is 1. The van der Waals surface area contributed by atoms with E-state index in [9.17, 15) is 9.59 Å². The highest BCUT2D eigenvalue weighted by Crippen LogP contribution is 2.23. The van der Waals surface area contributed by atoms with E-state index in [2.05, 4.69) is 20.0 Å². The van der Waals surface area contributed by atoms with Crippen molar-refractivity contribution in [1.82, 2.24) is 9.97 Å². The van der Waals surface area contributed by atoms with Crippen LogP contribution >= 0.6 is 11.3 Å². The number of thiazole rings is 1. The van der Waals surface area contributed by atoms with Crippen LogP contribution in [0.15, 0.2) is 41.0 Å². The van der Waals surface area contributed by atoms with Crippen LogP contribution < -0.4 is 5.32 Å². The summed E-state index contributed by atoms with van der Waals surface area (Å²) in [5.74, 6) is -0.306. The molecule has 1 amide bonds. The monoisotopic (exact) mass is 357 g/mol. The quantitative estimate of drug-likeness (QED) is 0.705. The molecule has 0 saturated heterocycles. The summed E-state index contributed by atoms with van der Waals surface area (Å²) < 4.78 is 10.1. The second-order valence-electron chi connectivity index (χ2n) is 5.16. The highest BCUT2D eigenvalue weighted by Gasteiger charge is 2.17. The van der Waals surface area contributed by atoms with Crippen molar-refractivity contribution < 1.29 is 18.7 Å². The van der Waals surface area contributed by atoms with Gasteiger partial charge >= 0.3 is 5.97 Å². The van der Waals surface area contributed by atoms with Crippen molar-refractivity contribution in [2.24, 2.45) is 0 Å². The Morgan fingerprint density at radius 1 is 1.24 bits per heavy atom. The smallest absolute Gasteiger partial charge is 0.350 e. The summed E-state index contributed by atoms with van der Waals surface area (Å²) in [5.41, 5.74) is 1.87. The summed E-state index contributed by atoms with van der Waals surface area (Å²) in [6.45, 7) is 1.68. The van der Waals surface area contributed by atoms with Crippen LogP contribution in [0.5, 0.6) is 0 Å². The Hall–Kier alpha value is -3.00. The average molecular weight is 357 g/mol. The number of hydrogen-bond acceptors (Lipinski definition) is 7. The van der Waals surface area contributed by atoms with E-state index in [-0.39, 0.29) is 12.3 Å². The van der Waals surface area contributed by atoms with E-state index in [1.54, 1.807) is 6.92 Å². The van der Waals surface area contributed by atoms with Gasteiger partial charge in [-0.05, 0) is 19.1 Å². The van der Waals surface area contributed by atoms with E-state index >= 15 is 0 Å². The predicted octanol–water partition coefficient (Wildman–Crippen LogP) is 3.07. The molecule has 2 heterocycles. The molecule has 128 valence electrons. The molecule has 0 aliphatic carbocycles. The lowest BCUT2D eigenvalue weighted by Crippen LogP contribution is -2.14. The van der Waals surface area contributed by atoms with Crippen molar-refractivity contribution in [2.75, 3.05) is 12.4 Å². The lowest BCUT2D eigenvalue weighted by atomic mass is 10.2. The first-order valence-electron chi connectivity index (χ1n) is 7.42. The Morgan fingerprint density at radius 2 is 2.00 bits per heavy atom. The molecule has 3 rings (SSSR count). The number of carbonyl (C=O) groups is 2. The van der Waals surface area contributed by atoms with E-state index in [4.69, 9.17) is 4.42 Å². The number of nitrogens with one attached hydrogen (secondary N) is 1. The van der Waals surface area contributed by atoms with E-state index in [1.165, 1.54) is 13.4 Å². The largest absolute Gasteiger partial charge is 0.465 e. The van der Waals surface area contributed by atoms with Crippen LogP contribution in [0.2, 0.25) is 0 Å². The first kappa shape index (κ1) is 16.8. The maximum Gasteiger partial charge on any atom is 0.350 e. The van der Waals surface area contributed by atoms with Crippen molar-refractivity contribution >= 4 is 28.3 Å². The number of ether oxygens (including phenoxy) is 1. The molecule has 0 spiro atoms. The van der Waals surface area contributed by atoms with Gasteiger partial charge < -0.3 is 14.5 Å². The van der Waals surface area contributed by atoms with Crippen molar-refractivity contribution in [2.45, 2.75) is 13.3 Å².